The van der Waals surface area contributed by atoms with E-state index in [2.05, 4.69) is 20.7 Å². The molecule has 0 radical (unpaired) electrons. The first-order chi connectivity index (χ1) is 12.5. The van der Waals surface area contributed by atoms with Gasteiger partial charge in [0.1, 0.15) is 5.69 Å². The number of H-pyrrole nitrogens is 1. The van der Waals surface area contributed by atoms with Crippen LogP contribution in [-0.4, -0.2) is 27.2 Å². The first kappa shape index (κ1) is 17.0. The van der Waals surface area contributed by atoms with Gasteiger partial charge in [-0.05, 0) is 30.7 Å². The molecule has 8 heteroatoms. The van der Waals surface area contributed by atoms with Crippen LogP contribution in [0.25, 0.3) is 11.3 Å². The Bertz CT molecular complexity index is 959. The normalized spacial score (nSPS) is 10.8. The van der Waals surface area contributed by atoms with Crippen molar-refractivity contribution in [2.75, 3.05) is 0 Å². The molecule has 26 heavy (non-hydrogen) atoms. The summed E-state index contributed by atoms with van der Waals surface area (Å²) in [4.78, 5) is 22.2. The topological polar surface area (TPSA) is 113 Å². The Kier molecular flexibility index (Phi) is 4.84. The number of nitro benzene ring substituents is 1. The van der Waals surface area contributed by atoms with Gasteiger partial charge in [0, 0.05) is 17.7 Å². The van der Waals surface area contributed by atoms with Crippen LogP contribution in [-0.2, 0) is 0 Å². The Morgan fingerprint density at radius 1 is 1.19 bits per heavy atom. The van der Waals surface area contributed by atoms with E-state index in [1.807, 2.05) is 31.2 Å². The highest BCUT2D eigenvalue weighted by molar-refractivity contribution is 5.94. The first-order valence-corrected chi connectivity index (χ1v) is 7.73. The largest absolute Gasteiger partial charge is 0.289 e. The number of aromatic nitrogens is 2. The molecule has 1 aromatic heterocycles. The van der Waals surface area contributed by atoms with Crippen molar-refractivity contribution in [1.82, 2.24) is 15.6 Å². The lowest BCUT2D eigenvalue weighted by atomic mass is 10.1. The van der Waals surface area contributed by atoms with Crippen molar-refractivity contribution < 1.29 is 9.72 Å². The van der Waals surface area contributed by atoms with E-state index in [0.717, 1.165) is 11.1 Å². The lowest BCUT2D eigenvalue weighted by Gasteiger charge is -1.97. The molecule has 0 saturated heterocycles. The summed E-state index contributed by atoms with van der Waals surface area (Å²) >= 11 is 0. The molecule has 2 aromatic carbocycles. The number of aryl methyl sites for hydroxylation is 1. The van der Waals surface area contributed by atoms with Crippen LogP contribution in [0.4, 0.5) is 5.69 Å². The summed E-state index contributed by atoms with van der Waals surface area (Å²) in [6, 6.07) is 15.3. The smallest absolute Gasteiger partial charge is 0.272 e. The van der Waals surface area contributed by atoms with Gasteiger partial charge in [-0.1, -0.05) is 29.8 Å². The summed E-state index contributed by atoms with van der Waals surface area (Å²) in [6.07, 6.45) is 1.40. The second-order valence-electron chi connectivity index (χ2n) is 5.58. The van der Waals surface area contributed by atoms with Crippen LogP contribution in [0.5, 0.6) is 0 Å². The van der Waals surface area contributed by atoms with Crippen molar-refractivity contribution in [3.8, 4) is 11.3 Å². The van der Waals surface area contributed by atoms with Gasteiger partial charge in [-0.25, -0.2) is 5.43 Å². The van der Waals surface area contributed by atoms with Crippen molar-refractivity contribution in [3.05, 3.63) is 81.5 Å². The van der Waals surface area contributed by atoms with E-state index in [-0.39, 0.29) is 11.4 Å². The molecule has 0 atom stereocenters. The van der Waals surface area contributed by atoms with Gasteiger partial charge in [0.15, 0.2) is 0 Å². The van der Waals surface area contributed by atoms with Crippen molar-refractivity contribution in [1.29, 1.82) is 0 Å². The molecule has 1 heterocycles. The Balaban J connectivity index is 1.63. The molecule has 3 aromatic rings. The highest BCUT2D eigenvalue weighted by Gasteiger charge is 2.10. The van der Waals surface area contributed by atoms with Gasteiger partial charge in [0.05, 0.1) is 16.8 Å². The third-order valence-corrected chi connectivity index (χ3v) is 3.65. The quantitative estimate of drug-likeness (QED) is 0.418. The minimum absolute atomic E-state index is 0.00715. The number of amides is 1. The van der Waals surface area contributed by atoms with E-state index in [4.69, 9.17) is 0 Å². The van der Waals surface area contributed by atoms with Crippen LogP contribution in [0.15, 0.2) is 59.7 Å². The third kappa shape index (κ3) is 3.99. The van der Waals surface area contributed by atoms with Crippen molar-refractivity contribution in [2.45, 2.75) is 6.92 Å². The zero-order valence-electron chi connectivity index (χ0n) is 13.8. The van der Waals surface area contributed by atoms with Gasteiger partial charge < -0.3 is 0 Å². The molecule has 0 saturated carbocycles. The monoisotopic (exact) mass is 349 g/mol. The summed E-state index contributed by atoms with van der Waals surface area (Å²) in [7, 11) is 0. The predicted octanol–water partition coefficient (Wildman–Crippen LogP) is 3.06. The maximum Gasteiger partial charge on any atom is 0.289 e. The molecule has 0 bridgehead atoms. The first-order valence-electron chi connectivity index (χ1n) is 7.73. The second kappa shape index (κ2) is 7.39. The number of non-ortho nitro benzene ring substituents is 1. The number of benzene rings is 2. The number of hydrogen-bond donors (Lipinski definition) is 2. The van der Waals surface area contributed by atoms with Gasteiger partial charge in [0.25, 0.3) is 11.6 Å². The minimum Gasteiger partial charge on any atom is -0.272 e. The number of hydrazone groups is 1. The van der Waals surface area contributed by atoms with E-state index in [1.54, 1.807) is 18.2 Å². The van der Waals surface area contributed by atoms with Gasteiger partial charge in [-0.2, -0.15) is 10.2 Å². The third-order valence-electron chi connectivity index (χ3n) is 3.65. The molecular formula is C18H15N5O3. The lowest BCUT2D eigenvalue weighted by Crippen LogP contribution is -2.17. The maximum absolute atomic E-state index is 12.1. The molecule has 0 unspecified atom stereocenters. The second-order valence-corrected chi connectivity index (χ2v) is 5.58. The van der Waals surface area contributed by atoms with Gasteiger partial charge >= 0.3 is 0 Å². The van der Waals surface area contributed by atoms with Gasteiger partial charge in [-0.3, -0.25) is 20.0 Å². The molecule has 0 aliphatic rings. The standard InChI is InChI=1S/C18H15N5O3/c1-12-2-6-14(7-3-12)16-10-17(21-20-16)18(24)22-19-11-13-4-8-15(9-5-13)23(25)26/h2-11H,1H3,(H,20,21)(H,22,24)/b19-11-. The molecule has 0 fully saturated rings. The molecule has 130 valence electrons. The predicted molar refractivity (Wildman–Crippen MR) is 96.9 cm³/mol. The van der Waals surface area contributed by atoms with E-state index in [9.17, 15) is 14.9 Å². The van der Waals surface area contributed by atoms with E-state index >= 15 is 0 Å². The zero-order valence-corrected chi connectivity index (χ0v) is 13.8. The average Bonchev–Trinajstić information content (AvgIpc) is 3.13. The van der Waals surface area contributed by atoms with Gasteiger partial charge in [0.2, 0.25) is 0 Å². The van der Waals surface area contributed by atoms with Crippen molar-refractivity contribution in [2.24, 2.45) is 5.10 Å². The molecular weight excluding hydrogens is 334 g/mol. The van der Waals surface area contributed by atoms with Crippen LogP contribution < -0.4 is 5.43 Å². The average molecular weight is 349 g/mol. The lowest BCUT2D eigenvalue weighted by molar-refractivity contribution is -0.384. The molecule has 0 aliphatic carbocycles. The number of nitrogens with one attached hydrogen (secondary N) is 2. The summed E-state index contributed by atoms with van der Waals surface area (Å²) in [5.41, 5.74) is 5.99. The number of carbonyl (C=O) groups excluding carboxylic acids is 1. The molecule has 2 N–H and O–H groups in total. The Hall–Kier alpha value is -3.81. The number of rotatable bonds is 5. The van der Waals surface area contributed by atoms with E-state index in [1.165, 1.54) is 18.3 Å². The summed E-state index contributed by atoms with van der Waals surface area (Å²) < 4.78 is 0. The van der Waals surface area contributed by atoms with E-state index < -0.39 is 10.8 Å². The van der Waals surface area contributed by atoms with Crippen molar-refractivity contribution >= 4 is 17.8 Å². The maximum atomic E-state index is 12.1. The zero-order chi connectivity index (χ0) is 18.5. The summed E-state index contributed by atoms with van der Waals surface area (Å²) in [5.74, 6) is -0.436. The number of carbonyl (C=O) groups is 1. The van der Waals surface area contributed by atoms with Crippen molar-refractivity contribution in [3.63, 3.8) is 0 Å². The van der Waals surface area contributed by atoms with Crippen LogP contribution in [0.2, 0.25) is 0 Å². The Labute approximate surface area is 148 Å². The number of nitro groups is 1. The summed E-state index contributed by atoms with van der Waals surface area (Å²) in [6.45, 7) is 2.00. The molecule has 8 nitrogen and oxygen atoms in total. The fourth-order valence-electron chi connectivity index (χ4n) is 2.22. The minimum atomic E-state index is -0.480. The fraction of sp³-hybridized carbons (Fsp3) is 0.0556. The fourth-order valence-corrected chi connectivity index (χ4v) is 2.22. The SMILES string of the molecule is Cc1ccc(-c2cc(C(=O)N/N=C\c3ccc([N+](=O)[O-])cc3)[nH]n2)cc1. The number of aromatic amines is 1. The molecule has 3 rings (SSSR count). The Morgan fingerprint density at radius 2 is 1.88 bits per heavy atom. The van der Waals surface area contributed by atoms with Crippen LogP contribution in [0, 0.1) is 17.0 Å². The number of nitrogens with zero attached hydrogens (tertiary/aromatic N) is 3. The molecule has 0 aliphatic heterocycles. The molecule has 1 amide bonds. The Morgan fingerprint density at radius 3 is 2.54 bits per heavy atom. The highest BCUT2D eigenvalue weighted by Crippen LogP contribution is 2.18. The molecule has 0 spiro atoms. The summed E-state index contributed by atoms with van der Waals surface area (Å²) in [5, 5.41) is 21.2. The van der Waals surface area contributed by atoms with Crippen LogP contribution >= 0.6 is 0 Å². The van der Waals surface area contributed by atoms with E-state index in [0.29, 0.717) is 11.3 Å². The van der Waals surface area contributed by atoms with Gasteiger partial charge in [-0.15, -0.1) is 0 Å². The highest BCUT2D eigenvalue weighted by atomic mass is 16.6. The van der Waals surface area contributed by atoms with Crippen LogP contribution in [0.1, 0.15) is 21.6 Å². The number of hydrogen-bond acceptors (Lipinski definition) is 5. The van der Waals surface area contributed by atoms with Crippen LogP contribution in [0.3, 0.4) is 0 Å².